The van der Waals surface area contributed by atoms with Gasteiger partial charge in [-0.3, -0.25) is 0 Å². The number of para-hydroxylation sites is 4. The maximum atomic E-state index is 7.32. The summed E-state index contributed by atoms with van der Waals surface area (Å²) in [6, 6.07) is 37.0. The molecular weight excluding hydrogens is 574 g/mol. The third-order valence-corrected chi connectivity index (χ3v) is 11.6. The molecule has 0 atom stereocenters. The van der Waals surface area contributed by atoms with Gasteiger partial charge in [0.2, 0.25) is 0 Å². The number of rotatable bonds is 12. The Hall–Kier alpha value is -4.08. The highest BCUT2D eigenvalue weighted by Crippen LogP contribution is 2.45. The van der Waals surface area contributed by atoms with Crippen molar-refractivity contribution in [2.45, 2.75) is 20.3 Å². The maximum Gasteiger partial charge on any atom is 0.126 e. The Morgan fingerprint density at radius 1 is 0.465 bits per heavy atom. The van der Waals surface area contributed by atoms with Crippen LogP contribution in [0.4, 0.5) is 0 Å². The van der Waals surface area contributed by atoms with Crippen molar-refractivity contribution in [3.8, 4) is 35.1 Å². The molecule has 0 fully saturated rings. The molecule has 0 aliphatic heterocycles. The number of nitriles is 2. The second-order valence-corrected chi connectivity index (χ2v) is 13.3. The minimum Gasteiger partial charge on any atom is -0.496 e. The average Bonchev–Trinajstić information content (AvgIpc) is 3.06. The molecular formula is C35H40N2O4P2. The summed E-state index contributed by atoms with van der Waals surface area (Å²) in [6.07, 6.45) is 3.06. The molecule has 0 N–H and O–H groups in total. The van der Waals surface area contributed by atoms with Gasteiger partial charge in [0, 0.05) is 35.1 Å². The van der Waals surface area contributed by atoms with Crippen molar-refractivity contribution in [1.82, 2.24) is 0 Å². The third kappa shape index (κ3) is 10.0. The predicted molar refractivity (Wildman–Crippen MR) is 181 cm³/mol. The lowest BCUT2D eigenvalue weighted by molar-refractivity contribution is 0.417. The van der Waals surface area contributed by atoms with E-state index in [9.17, 15) is 0 Å². The summed E-state index contributed by atoms with van der Waals surface area (Å²) in [6.45, 7) is 2.86. The SMILES string of the molecule is CC#N.CC#N.COc1ccccc1P(CCCP(c1ccccc1OC)c1ccccc1OC)c1ccccc1OC. The molecule has 0 aromatic heterocycles. The molecule has 0 bridgehead atoms. The van der Waals surface area contributed by atoms with Gasteiger partial charge in [-0.25, -0.2) is 0 Å². The monoisotopic (exact) mass is 614 g/mol. The summed E-state index contributed by atoms with van der Waals surface area (Å²) in [7, 11) is 5.59. The molecule has 224 valence electrons. The molecule has 0 aliphatic carbocycles. The third-order valence-electron chi connectivity index (χ3n) is 6.27. The largest absolute Gasteiger partial charge is 0.496 e. The second-order valence-electron chi connectivity index (χ2n) is 8.79. The minimum atomic E-state index is -0.697. The topological polar surface area (TPSA) is 84.5 Å². The van der Waals surface area contributed by atoms with E-state index in [4.69, 9.17) is 29.5 Å². The summed E-state index contributed by atoms with van der Waals surface area (Å²) in [5, 5.41) is 19.6. The molecule has 4 rings (SSSR count). The van der Waals surface area contributed by atoms with Gasteiger partial charge in [-0.15, -0.1) is 0 Å². The van der Waals surface area contributed by atoms with Gasteiger partial charge in [0.15, 0.2) is 0 Å². The van der Waals surface area contributed by atoms with Gasteiger partial charge in [-0.1, -0.05) is 72.8 Å². The quantitative estimate of drug-likeness (QED) is 0.165. The van der Waals surface area contributed by atoms with Crippen molar-refractivity contribution in [2.24, 2.45) is 0 Å². The predicted octanol–water partition coefficient (Wildman–Crippen LogP) is 6.74. The van der Waals surface area contributed by atoms with Crippen molar-refractivity contribution >= 4 is 37.1 Å². The molecule has 8 heteroatoms. The smallest absolute Gasteiger partial charge is 0.126 e. The molecule has 0 unspecified atom stereocenters. The van der Waals surface area contributed by atoms with E-state index in [2.05, 4.69) is 72.8 Å². The van der Waals surface area contributed by atoms with Crippen LogP contribution in [0.3, 0.4) is 0 Å². The van der Waals surface area contributed by atoms with E-state index in [1.807, 2.05) is 24.3 Å². The molecule has 0 aliphatic rings. The number of ether oxygens (including phenoxy) is 4. The molecule has 4 aromatic carbocycles. The van der Waals surface area contributed by atoms with Crippen LogP contribution in [0.15, 0.2) is 97.1 Å². The minimum absolute atomic E-state index is 0.697. The number of methoxy groups -OCH3 is 4. The fourth-order valence-corrected chi connectivity index (χ4v) is 10.0. The van der Waals surface area contributed by atoms with Crippen LogP contribution >= 0.6 is 15.8 Å². The van der Waals surface area contributed by atoms with Gasteiger partial charge >= 0.3 is 0 Å². The summed E-state index contributed by atoms with van der Waals surface area (Å²) in [4.78, 5) is 0. The van der Waals surface area contributed by atoms with Crippen LogP contribution in [0.5, 0.6) is 23.0 Å². The van der Waals surface area contributed by atoms with Crippen LogP contribution in [0, 0.1) is 22.7 Å². The number of hydrogen-bond acceptors (Lipinski definition) is 6. The standard InChI is InChI=1S/C31H34O4P2.2C2H3N/c1-32-24-14-5-9-18-28(24)36(29-19-10-6-15-25(29)33-2)22-13-23-37(30-20-11-7-16-26(30)34-3)31-21-12-8-17-27(31)35-4;2*1-2-3/h5-12,14-21H,13,22-23H2,1-4H3;2*1H3. The zero-order valence-electron chi connectivity index (χ0n) is 25.8. The van der Waals surface area contributed by atoms with E-state index < -0.39 is 15.8 Å². The molecule has 43 heavy (non-hydrogen) atoms. The summed E-state index contributed by atoms with van der Waals surface area (Å²) in [5.74, 6) is 3.71. The van der Waals surface area contributed by atoms with Crippen molar-refractivity contribution in [3.05, 3.63) is 97.1 Å². The van der Waals surface area contributed by atoms with Gasteiger partial charge in [0.25, 0.3) is 0 Å². The van der Waals surface area contributed by atoms with Gasteiger partial charge in [0.1, 0.15) is 23.0 Å². The molecule has 0 saturated heterocycles. The highest BCUT2D eigenvalue weighted by atomic mass is 31.1. The molecule has 6 nitrogen and oxygen atoms in total. The Labute approximate surface area is 259 Å². The lowest BCUT2D eigenvalue weighted by Gasteiger charge is -2.26. The molecule has 0 amide bonds. The normalized spacial score (nSPS) is 9.81. The molecule has 0 radical (unpaired) electrons. The highest BCUT2D eigenvalue weighted by Gasteiger charge is 2.24. The Kier molecular flexibility index (Phi) is 16.3. The van der Waals surface area contributed by atoms with Crippen molar-refractivity contribution in [1.29, 1.82) is 10.5 Å². The first-order valence-corrected chi connectivity index (χ1v) is 16.8. The lowest BCUT2D eigenvalue weighted by atomic mass is 10.3. The first kappa shape index (κ1) is 35.1. The zero-order valence-corrected chi connectivity index (χ0v) is 27.6. The average molecular weight is 615 g/mol. The van der Waals surface area contributed by atoms with Gasteiger partial charge in [0.05, 0.1) is 40.6 Å². The fourth-order valence-electron chi connectivity index (χ4n) is 4.54. The van der Waals surface area contributed by atoms with Crippen molar-refractivity contribution < 1.29 is 18.9 Å². The summed E-state index contributed by atoms with van der Waals surface area (Å²) >= 11 is 0. The highest BCUT2D eigenvalue weighted by molar-refractivity contribution is 7.74. The molecule has 0 saturated carbocycles. The summed E-state index contributed by atoms with van der Waals surface area (Å²) < 4.78 is 23.2. The van der Waals surface area contributed by atoms with E-state index in [1.165, 1.54) is 35.1 Å². The zero-order chi connectivity index (χ0) is 31.5. The first-order chi connectivity index (χ1) is 21.0. The molecule has 0 spiro atoms. The Balaban J connectivity index is 0.000000992. The van der Waals surface area contributed by atoms with Gasteiger partial charge in [-0.05, 0) is 58.9 Å². The fraction of sp³-hybridized carbons (Fsp3) is 0.257. The maximum absolute atomic E-state index is 7.32. The van der Waals surface area contributed by atoms with E-state index in [-0.39, 0.29) is 0 Å². The van der Waals surface area contributed by atoms with Crippen LogP contribution in [0.25, 0.3) is 0 Å². The van der Waals surface area contributed by atoms with Crippen LogP contribution in [0.2, 0.25) is 0 Å². The Morgan fingerprint density at radius 3 is 0.884 bits per heavy atom. The first-order valence-electron chi connectivity index (χ1n) is 13.7. The van der Waals surface area contributed by atoms with Crippen molar-refractivity contribution in [2.75, 3.05) is 40.8 Å². The Morgan fingerprint density at radius 2 is 0.674 bits per heavy atom. The Bertz CT molecular complexity index is 1280. The molecule has 4 aromatic rings. The lowest BCUT2D eigenvalue weighted by Crippen LogP contribution is -2.20. The van der Waals surface area contributed by atoms with E-state index in [0.717, 1.165) is 41.7 Å². The number of hydrogen-bond donors (Lipinski definition) is 0. The van der Waals surface area contributed by atoms with Crippen LogP contribution in [-0.4, -0.2) is 40.8 Å². The van der Waals surface area contributed by atoms with E-state index in [1.54, 1.807) is 40.6 Å². The van der Waals surface area contributed by atoms with Crippen LogP contribution in [0.1, 0.15) is 20.3 Å². The van der Waals surface area contributed by atoms with E-state index in [0.29, 0.717) is 0 Å². The number of nitrogens with zero attached hydrogens (tertiary/aromatic N) is 2. The summed E-state index contributed by atoms with van der Waals surface area (Å²) in [5.41, 5.74) is 0. The van der Waals surface area contributed by atoms with E-state index >= 15 is 0 Å². The number of benzene rings is 4. The van der Waals surface area contributed by atoms with Crippen LogP contribution in [-0.2, 0) is 0 Å². The molecule has 0 heterocycles. The van der Waals surface area contributed by atoms with Gasteiger partial charge < -0.3 is 18.9 Å². The van der Waals surface area contributed by atoms with Crippen LogP contribution < -0.4 is 40.2 Å². The van der Waals surface area contributed by atoms with Gasteiger partial charge in [-0.2, -0.15) is 10.5 Å². The van der Waals surface area contributed by atoms with Crippen molar-refractivity contribution in [3.63, 3.8) is 0 Å². The second kappa shape index (κ2) is 19.9.